The van der Waals surface area contributed by atoms with E-state index in [4.69, 9.17) is 9.47 Å². The molecule has 0 amide bonds. The second-order valence-corrected chi connectivity index (χ2v) is 7.25. The molecule has 2 aliphatic heterocycles. The molecule has 2 bridgehead atoms. The maximum atomic E-state index is 13.6. The van der Waals surface area contributed by atoms with Gasteiger partial charge in [-0.2, -0.15) is 0 Å². The van der Waals surface area contributed by atoms with Crippen molar-refractivity contribution in [2.24, 2.45) is 5.92 Å². The fourth-order valence-corrected chi connectivity index (χ4v) is 4.24. The van der Waals surface area contributed by atoms with Gasteiger partial charge in [0.05, 0.1) is 32.1 Å². The van der Waals surface area contributed by atoms with Crippen LogP contribution < -0.4 is 4.74 Å². The Morgan fingerprint density at radius 2 is 1.96 bits per heavy atom. The molecule has 1 aromatic carbocycles. The zero-order valence-corrected chi connectivity index (χ0v) is 15.3. The highest BCUT2D eigenvalue weighted by atomic mass is 19.1. The summed E-state index contributed by atoms with van der Waals surface area (Å²) in [7, 11) is 1.45. The van der Waals surface area contributed by atoms with Crippen molar-refractivity contribution < 1.29 is 18.7 Å². The number of rotatable bonds is 5. The number of pyridine rings is 1. The van der Waals surface area contributed by atoms with Gasteiger partial charge < -0.3 is 9.47 Å². The molecule has 6 heteroatoms. The average Bonchev–Trinajstić information content (AvgIpc) is 2.68. The molecule has 27 heavy (non-hydrogen) atoms. The van der Waals surface area contributed by atoms with Crippen LogP contribution in [-0.4, -0.2) is 48.1 Å². The minimum atomic E-state index is -0.524. The van der Waals surface area contributed by atoms with E-state index in [0.29, 0.717) is 26.1 Å². The van der Waals surface area contributed by atoms with Gasteiger partial charge in [0, 0.05) is 24.5 Å². The van der Waals surface area contributed by atoms with Gasteiger partial charge in [-0.1, -0.05) is 30.3 Å². The Kier molecular flexibility index (Phi) is 5.18. The van der Waals surface area contributed by atoms with E-state index >= 15 is 0 Å². The number of hydrogen-bond acceptors (Lipinski definition) is 5. The summed E-state index contributed by atoms with van der Waals surface area (Å²) in [6.45, 7) is 2.09. The maximum absolute atomic E-state index is 13.6. The topological polar surface area (TPSA) is 51.7 Å². The number of hydrogen-bond donors (Lipinski definition) is 0. The number of halogens is 1. The normalized spacial score (nSPS) is 25.2. The van der Waals surface area contributed by atoms with Gasteiger partial charge in [0.1, 0.15) is 5.82 Å². The van der Waals surface area contributed by atoms with Crippen molar-refractivity contribution in [3.8, 4) is 5.88 Å². The van der Waals surface area contributed by atoms with Crippen LogP contribution in [0.2, 0.25) is 0 Å². The Labute approximate surface area is 158 Å². The predicted octanol–water partition coefficient (Wildman–Crippen LogP) is 3.09. The fourth-order valence-electron chi connectivity index (χ4n) is 4.24. The number of aromatic nitrogens is 1. The van der Waals surface area contributed by atoms with E-state index in [1.165, 1.54) is 18.7 Å². The summed E-state index contributed by atoms with van der Waals surface area (Å²) in [6, 6.07) is 11.9. The molecule has 0 N–H and O–H groups in total. The van der Waals surface area contributed by atoms with Gasteiger partial charge in [0.2, 0.25) is 5.88 Å². The summed E-state index contributed by atoms with van der Waals surface area (Å²) in [5.41, 5.74) is 1.49. The number of morpholine rings is 1. The summed E-state index contributed by atoms with van der Waals surface area (Å²) in [6.07, 6.45) is 2.46. The number of ether oxygens (including phenoxy) is 2. The smallest absolute Gasteiger partial charge is 0.224 e. The Hall–Kier alpha value is -2.31. The van der Waals surface area contributed by atoms with Crippen molar-refractivity contribution >= 4 is 5.78 Å². The number of carbonyl (C=O) groups is 1. The van der Waals surface area contributed by atoms with Gasteiger partial charge in [-0.05, 0) is 24.5 Å². The highest BCUT2D eigenvalue weighted by Crippen LogP contribution is 2.35. The van der Waals surface area contributed by atoms with Crippen molar-refractivity contribution in [3.05, 3.63) is 59.5 Å². The van der Waals surface area contributed by atoms with Gasteiger partial charge >= 0.3 is 0 Å². The second kappa shape index (κ2) is 7.74. The van der Waals surface area contributed by atoms with Gasteiger partial charge in [-0.25, -0.2) is 9.37 Å². The zero-order valence-electron chi connectivity index (χ0n) is 15.3. The van der Waals surface area contributed by atoms with Crippen LogP contribution >= 0.6 is 0 Å². The van der Waals surface area contributed by atoms with E-state index in [0.717, 1.165) is 12.7 Å². The van der Waals surface area contributed by atoms with Crippen molar-refractivity contribution in [2.75, 3.05) is 20.3 Å². The van der Waals surface area contributed by atoms with E-state index in [-0.39, 0.29) is 35.2 Å². The standard InChI is InChI=1S/C21H23FN2O3/c1-26-21-19(9-16(22)10-23-21)20(25)15-7-17-12-27-13-18(8-15)24(17)11-14-5-3-2-4-6-14/h2-6,9-10,15,17-18H,7-8,11-13H2,1H3. The molecule has 2 atom stereocenters. The number of benzene rings is 1. The first kappa shape index (κ1) is 18.1. The first-order valence-corrected chi connectivity index (χ1v) is 9.27. The number of Topliss-reactive ketones (excluding diaryl/α,β-unsaturated/α-hetero) is 1. The number of methoxy groups -OCH3 is 1. The number of nitrogens with zero attached hydrogens (tertiary/aromatic N) is 2. The van der Waals surface area contributed by atoms with Crippen molar-refractivity contribution in [3.63, 3.8) is 0 Å². The molecule has 0 spiro atoms. The largest absolute Gasteiger partial charge is 0.480 e. The average molecular weight is 370 g/mol. The SMILES string of the molecule is COc1ncc(F)cc1C(=O)C1CC2COCC(C1)N2Cc1ccccc1. The lowest BCUT2D eigenvalue weighted by Crippen LogP contribution is -2.57. The minimum absolute atomic E-state index is 0.0879. The molecule has 5 nitrogen and oxygen atoms in total. The molecule has 4 rings (SSSR count). The minimum Gasteiger partial charge on any atom is -0.480 e. The van der Waals surface area contributed by atoms with Crippen LogP contribution in [-0.2, 0) is 11.3 Å². The van der Waals surface area contributed by atoms with Crippen molar-refractivity contribution in [2.45, 2.75) is 31.5 Å². The molecule has 2 saturated heterocycles. The molecule has 0 saturated carbocycles. The molecular formula is C21H23FN2O3. The molecule has 1 aromatic heterocycles. The van der Waals surface area contributed by atoms with Gasteiger partial charge in [0.15, 0.2) is 5.78 Å². The summed E-state index contributed by atoms with van der Waals surface area (Å²) in [4.78, 5) is 19.4. The third-order valence-electron chi connectivity index (χ3n) is 5.53. The van der Waals surface area contributed by atoms with E-state index in [1.807, 2.05) is 18.2 Å². The fraction of sp³-hybridized carbons (Fsp3) is 0.429. The Morgan fingerprint density at radius 1 is 1.26 bits per heavy atom. The summed E-state index contributed by atoms with van der Waals surface area (Å²) in [5, 5.41) is 0. The molecule has 2 aliphatic rings. The third-order valence-corrected chi connectivity index (χ3v) is 5.53. The summed E-state index contributed by atoms with van der Waals surface area (Å²) < 4.78 is 24.6. The quantitative estimate of drug-likeness (QED) is 0.757. The molecule has 2 aromatic rings. The Balaban J connectivity index is 1.53. The van der Waals surface area contributed by atoms with E-state index in [9.17, 15) is 9.18 Å². The molecule has 0 aliphatic carbocycles. The highest BCUT2D eigenvalue weighted by Gasteiger charge is 2.42. The highest BCUT2D eigenvalue weighted by molar-refractivity contribution is 6.00. The van der Waals surface area contributed by atoms with Crippen LogP contribution in [0, 0.1) is 11.7 Å². The Morgan fingerprint density at radius 3 is 2.63 bits per heavy atom. The summed E-state index contributed by atoms with van der Waals surface area (Å²) in [5.74, 6) is -0.595. The van der Waals surface area contributed by atoms with E-state index in [2.05, 4.69) is 22.0 Å². The van der Waals surface area contributed by atoms with Gasteiger partial charge in [0.25, 0.3) is 0 Å². The number of carbonyl (C=O) groups excluding carboxylic acids is 1. The predicted molar refractivity (Wildman–Crippen MR) is 98.2 cm³/mol. The third kappa shape index (κ3) is 3.73. The molecule has 2 fully saturated rings. The molecule has 142 valence electrons. The zero-order chi connectivity index (χ0) is 18.8. The van der Waals surface area contributed by atoms with Crippen LogP contribution in [0.15, 0.2) is 42.6 Å². The number of piperidine rings is 1. The summed E-state index contributed by atoms with van der Waals surface area (Å²) >= 11 is 0. The van der Waals surface area contributed by atoms with Crippen LogP contribution in [0.4, 0.5) is 4.39 Å². The van der Waals surface area contributed by atoms with Crippen LogP contribution in [0.25, 0.3) is 0 Å². The van der Waals surface area contributed by atoms with E-state index < -0.39 is 5.82 Å². The molecule has 0 radical (unpaired) electrons. The number of fused-ring (bicyclic) bond motifs is 2. The lowest BCUT2D eigenvalue weighted by molar-refractivity contribution is -0.0873. The monoisotopic (exact) mass is 370 g/mol. The first-order valence-electron chi connectivity index (χ1n) is 9.27. The van der Waals surface area contributed by atoms with E-state index in [1.54, 1.807) is 0 Å². The number of ketones is 1. The molecule has 2 unspecified atom stereocenters. The lowest BCUT2D eigenvalue weighted by Gasteiger charge is -2.48. The lowest BCUT2D eigenvalue weighted by atomic mass is 9.80. The van der Waals surface area contributed by atoms with Crippen LogP contribution in [0.3, 0.4) is 0 Å². The van der Waals surface area contributed by atoms with Crippen LogP contribution in [0.1, 0.15) is 28.8 Å². The Bertz CT molecular complexity index is 800. The van der Waals surface area contributed by atoms with Gasteiger partial charge in [-0.15, -0.1) is 0 Å². The van der Waals surface area contributed by atoms with Crippen LogP contribution in [0.5, 0.6) is 5.88 Å². The second-order valence-electron chi connectivity index (χ2n) is 7.25. The molecule has 3 heterocycles. The maximum Gasteiger partial charge on any atom is 0.224 e. The van der Waals surface area contributed by atoms with Gasteiger partial charge in [-0.3, -0.25) is 9.69 Å². The van der Waals surface area contributed by atoms with Crippen molar-refractivity contribution in [1.82, 2.24) is 9.88 Å². The van der Waals surface area contributed by atoms with Crippen molar-refractivity contribution in [1.29, 1.82) is 0 Å². The molecular weight excluding hydrogens is 347 g/mol. The first-order chi connectivity index (χ1) is 13.2.